The largest absolute Gasteiger partial charge is 0.313 e. The minimum absolute atomic E-state index is 0.802. The van der Waals surface area contributed by atoms with Crippen molar-refractivity contribution in [1.29, 1.82) is 0 Å². The van der Waals surface area contributed by atoms with Crippen LogP contribution >= 0.6 is 0 Å². The van der Waals surface area contributed by atoms with Gasteiger partial charge in [0.1, 0.15) is 0 Å². The molecule has 1 N–H and O–H groups in total. The summed E-state index contributed by atoms with van der Waals surface area (Å²) in [4.78, 5) is 2.76. The van der Waals surface area contributed by atoms with E-state index in [9.17, 15) is 0 Å². The number of nitrogens with one attached hydrogen (secondary N) is 1. The SMILES string of the molecule is CCC1CCCCCN1CCNC1CCCC(C)C1. The molecule has 0 aromatic carbocycles. The summed E-state index contributed by atoms with van der Waals surface area (Å²) in [6, 6.07) is 1.66. The molecule has 3 unspecified atom stereocenters. The van der Waals surface area contributed by atoms with Crippen LogP contribution in [0.5, 0.6) is 0 Å². The fourth-order valence-electron chi connectivity index (χ4n) is 4.03. The van der Waals surface area contributed by atoms with E-state index in [1.54, 1.807) is 0 Å². The van der Waals surface area contributed by atoms with Gasteiger partial charge in [-0.05, 0) is 44.6 Å². The third-order valence-corrected chi connectivity index (χ3v) is 5.24. The second-order valence-corrected chi connectivity index (χ2v) is 6.87. The number of hydrogen-bond donors (Lipinski definition) is 1. The molecule has 1 saturated carbocycles. The first-order valence-corrected chi connectivity index (χ1v) is 8.77. The standard InChI is InChI=1S/C17H34N2/c1-3-17-10-5-4-6-12-19(17)13-11-18-16-9-7-8-15(2)14-16/h15-18H,3-14H2,1-2H3. The van der Waals surface area contributed by atoms with Gasteiger partial charge in [0.25, 0.3) is 0 Å². The van der Waals surface area contributed by atoms with Crippen molar-refractivity contribution in [1.82, 2.24) is 10.2 Å². The molecule has 1 aliphatic heterocycles. The van der Waals surface area contributed by atoms with E-state index in [4.69, 9.17) is 0 Å². The molecule has 112 valence electrons. The van der Waals surface area contributed by atoms with Crippen LogP contribution in [0.2, 0.25) is 0 Å². The molecule has 2 aliphatic rings. The zero-order chi connectivity index (χ0) is 13.5. The minimum atomic E-state index is 0.802. The van der Waals surface area contributed by atoms with Gasteiger partial charge >= 0.3 is 0 Å². The van der Waals surface area contributed by atoms with Gasteiger partial charge < -0.3 is 5.32 Å². The third-order valence-electron chi connectivity index (χ3n) is 5.24. The molecule has 0 aromatic heterocycles. The second kappa shape index (κ2) is 8.26. The molecule has 2 rings (SSSR count). The molecular formula is C17H34N2. The molecule has 1 aliphatic carbocycles. The molecule has 0 amide bonds. The summed E-state index contributed by atoms with van der Waals surface area (Å²) in [5.74, 6) is 0.938. The summed E-state index contributed by atoms with van der Waals surface area (Å²) >= 11 is 0. The number of hydrogen-bond acceptors (Lipinski definition) is 2. The first-order valence-electron chi connectivity index (χ1n) is 8.77. The number of rotatable bonds is 5. The van der Waals surface area contributed by atoms with Crippen LogP contribution in [0, 0.1) is 5.92 Å². The van der Waals surface area contributed by atoms with Crippen LogP contribution in [-0.4, -0.2) is 36.6 Å². The minimum Gasteiger partial charge on any atom is -0.313 e. The molecule has 0 bridgehead atoms. The third kappa shape index (κ3) is 5.07. The predicted molar refractivity (Wildman–Crippen MR) is 83.5 cm³/mol. The first kappa shape index (κ1) is 15.3. The van der Waals surface area contributed by atoms with Gasteiger partial charge in [-0.15, -0.1) is 0 Å². The van der Waals surface area contributed by atoms with E-state index in [1.807, 2.05) is 0 Å². The van der Waals surface area contributed by atoms with Crippen LogP contribution in [0.25, 0.3) is 0 Å². The average molecular weight is 266 g/mol. The van der Waals surface area contributed by atoms with Crippen molar-refractivity contribution in [2.75, 3.05) is 19.6 Å². The predicted octanol–water partition coefficient (Wildman–Crippen LogP) is 3.81. The lowest BCUT2D eigenvalue weighted by atomic mass is 9.87. The van der Waals surface area contributed by atoms with Gasteiger partial charge in [0.15, 0.2) is 0 Å². The van der Waals surface area contributed by atoms with Gasteiger partial charge in [0.05, 0.1) is 0 Å². The highest BCUT2D eigenvalue weighted by Gasteiger charge is 2.21. The Morgan fingerprint density at radius 2 is 1.95 bits per heavy atom. The highest BCUT2D eigenvalue weighted by Crippen LogP contribution is 2.23. The molecule has 2 heteroatoms. The van der Waals surface area contributed by atoms with Crippen molar-refractivity contribution >= 4 is 0 Å². The van der Waals surface area contributed by atoms with E-state index in [2.05, 4.69) is 24.1 Å². The lowest BCUT2D eigenvalue weighted by Crippen LogP contribution is -2.42. The fraction of sp³-hybridized carbons (Fsp3) is 1.00. The Labute approximate surface area is 120 Å². The molecule has 3 atom stereocenters. The summed E-state index contributed by atoms with van der Waals surface area (Å²) in [7, 11) is 0. The summed E-state index contributed by atoms with van der Waals surface area (Å²) < 4.78 is 0. The van der Waals surface area contributed by atoms with E-state index < -0.39 is 0 Å². The van der Waals surface area contributed by atoms with Crippen LogP contribution < -0.4 is 5.32 Å². The summed E-state index contributed by atoms with van der Waals surface area (Å²) in [6.07, 6.45) is 12.7. The van der Waals surface area contributed by atoms with E-state index in [1.165, 1.54) is 77.4 Å². The Morgan fingerprint density at radius 3 is 2.74 bits per heavy atom. The van der Waals surface area contributed by atoms with Crippen molar-refractivity contribution < 1.29 is 0 Å². The Balaban J connectivity index is 1.68. The first-order chi connectivity index (χ1) is 9.29. The molecule has 19 heavy (non-hydrogen) atoms. The van der Waals surface area contributed by atoms with Crippen molar-refractivity contribution in [2.45, 2.75) is 83.7 Å². The number of likely N-dealkylation sites (tertiary alicyclic amines) is 1. The maximum Gasteiger partial charge on any atom is 0.0110 e. The molecule has 2 nitrogen and oxygen atoms in total. The van der Waals surface area contributed by atoms with Gasteiger partial charge in [-0.1, -0.05) is 39.5 Å². The quantitative estimate of drug-likeness (QED) is 0.814. The van der Waals surface area contributed by atoms with Crippen molar-refractivity contribution in [3.63, 3.8) is 0 Å². The van der Waals surface area contributed by atoms with Gasteiger partial charge in [0.2, 0.25) is 0 Å². The summed E-state index contributed by atoms with van der Waals surface area (Å²) in [6.45, 7) is 8.58. The molecule has 1 saturated heterocycles. The van der Waals surface area contributed by atoms with Crippen molar-refractivity contribution in [3.8, 4) is 0 Å². The Bertz CT molecular complexity index is 241. The van der Waals surface area contributed by atoms with Crippen LogP contribution in [0.1, 0.15) is 71.6 Å². The van der Waals surface area contributed by atoms with E-state index in [0.717, 1.165) is 18.0 Å². The van der Waals surface area contributed by atoms with E-state index in [0.29, 0.717) is 0 Å². The van der Waals surface area contributed by atoms with Gasteiger partial charge in [0, 0.05) is 25.2 Å². The molecule has 0 radical (unpaired) electrons. The summed E-state index contributed by atoms with van der Waals surface area (Å²) in [5.41, 5.74) is 0. The average Bonchev–Trinajstić information content (AvgIpc) is 2.64. The smallest absolute Gasteiger partial charge is 0.0110 e. The normalized spacial score (nSPS) is 34.1. The molecular weight excluding hydrogens is 232 g/mol. The lowest BCUT2D eigenvalue weighted by Gasteiger charge is -2.31. The monoisotopic (exact) mass is 266 g/mol. The van der Waals surface area contributed by atoms with Crippen molar-refractivity contribution in [3.05, 3.63) is 0 Å². The Morgan fingerprint density at radius 1 is 1.05 bits per heavy atom. The van der Waals surface area contributed by atoms with Crippen LogP contribution in [-0.2, 0) is 0 Å². The second-order valence-electron chi connectivity index (χ2n) is 6.87. The van der Waals surface area contributed by atoms with Crippen LogP contribution in [0.4, 0.5) is 0 Å². The molecule has 2 fully saturated rings. The highest BCUT2D eigenvalue weighted by molar-refractivity contribution is 4.78. The highest BCUT2D eigenvalue weighted by atomic mass is 15.2. The Hall–Kier alpha value is -0.0800. The van der Waals surface area contributed by atoms with Crippen LogP contribution in [0.15, 0.2) is 0 Å². The maximum absolute atomic E-state index is 3.82. The topological polar surface area (TPSA) is 15.3 Å². The molecule has 0 aromatic rings. The van der Waals surface area contributed by atoms with Gasteiger partial charge in [-0.3, -0.25) is 4.90 Å². The zero-order valence-electron chi connectivity index (χ0n) is 13.2. The van der Waals surface area contributed by atoms with E-state index >= 15 is 0 Å². The lowest BCUT2D eigenvalue weighted by molar-refractivity contribution is 0.188. The fourth-order valence-corrected chi connectivity index (χ4v) is 4.03. The molecule has 1 heterocycles. The zero-order valence-corrected chi connectivity index (χ0v) is 13.2. The Kier molecular flexibility index (Phi) is 6.66. The number of nitrogens with zero attached hydrogens (tertiary/aromatic N) is 1. The maximum atomic E-state index is 3.82. The van der Waals surface area contributed by atoms with Gasteiger partial charge in [-0.25, -0.2) is 0 Å². The van der Waals surface area contributed by atoms with Crippen LogP contribution in [0.3, 0.4) is 0 Å². The van der Waals surface area contributed by atoms with E-state index in [-0.39, 0.29) is 0 Å². The van der Waals surface area contributed by atoms with Gasteiger partial charge in [-0.2, -0.15) is 0 Å². The van der Waals surface area contributed by atoms with Crippen molar-refractivity contribution in [2.24, 2.45) is 5.92 Å². The molecule has 0 spiro atoms. The summed E-state index contributed by atoms with van der Waals surface area (Å²) in [5, 5.41) is 3.82.